The largest absolute Gasteiger partial charge is 0.465 e. The Kier molecular flexibility index (Phi) is 6.96. The molecule has 4 nitrogen and oxygen atoms in total. The second-order valence-electron chi connectivity index (χ2n) is 6.29. The lowest BCUT2D eigenvalue weighted by molar-refractivity contribution is -0.153. The molecule has 0 aliphatic heterocycles. The fourth-order valence-corrected chi connectivity index (χ4v) is 3.21. The van der Waals surface area contributed by atoms with Crippen molar-refractivity contribution in [2.45, 2.75) is 78.0 Å². The maximum atomic E-state index is 12.5. The standard InChI is InChI=1S/C16H31NO3/c1-6-19-15(18)16(17-12(2)3)10-7-8-14(16)9-11-20-13(4)5/h12-14,17H,6-11H2,1-5H3. The van der Waals surface area contributed by atoms with Crippen LogP contribution in [0.5, 0.6) is 0 Å². The van der Waals surface area contributed by atoms with Crippen LogP contribution >= 0.6 is 0 Å². The smallest absolute Gasteiger partial charge is 0.326 e. The highest BCUT2D eigenvalue weighted by atomic mass is 16.5. The van der Waals surface area contributed by atoms with Crippen LogP contribution in [0.2, 0.25) is 0 Å². The first-order chi connectivity index (χ1) is 9.42. The van der Waals surface area contributed by atoms with Crippen molar-refractivity contribution in [3.63, 3.8) is 0 Å². The summed E-state index contributed by atoms with van der Waals surface area (Å²) >= 11 is 0. The molecule has 0 heterocycles. The van der Waals surface area contributed by atoms with Crippen LogP contribution in [-0.4, -0.2) is 36.9 Å². The summed E-state index contributed by atoms with van der Waals surface area (Å²) in [6, 6.07) is 0.269. The highest BCUT2D eigenvalue weighted by Crippen LogP contribution is 2.39. The van der Waals surface area contributed by atoms with Crippen LogP contribution in [0.1, 0.15) is 60.3 Å². The van der Waals surface area contributed by atoms with Gasteiger partial charge in [-0.15, -0.1) is 0 Å². The Labute approximate surface area is 123 Å². The van der Waals surface area contributed by atoms with Gasteiger partial charge in [-0.25, -0.2) is 0 Å². The molecule has 4 heteroatoms. The topological polar surface area (TPSA) is 47.6 Å². The lowest BCUT2D eigenvalue weighted by atomic mass is 9.84. The second kappa shape index (κ2) is 7.99. The van der Waals surface area contributed by atoms with Crippen molar-refractivity contribution in [1.82, 2.24) is 5.32 Å². The van der Waals surface area contributed by atoms with Crippen molar-refractivity contribution in [2.75, 3.05) is 13.2 Å². The molecule has 1 N–H and O–H groups in total. The summed E-state index contributed by atoms with van der Waals surface area (Å²) in [6.07, 6.45) is 4.17. The minimum absolute atomic E-state index is 0.0826. The summed E-state index contributed by atoms with van der Waals surface area (Å²) < 4.78 is 11.0. The molecule has 0 amide bonds. The van der Waals surface area contributed by atoms with E-state index in [2.05, 4.69) is 19.2 Å². The van der Waals surface area contributed by atoms with Crippen LogP contribution in [0.15, 0.2) is 0 Å². The van der Waals surface area contributed by atoms with Gasteiger partial charge < -0.3 is 9.47 Å². The number of hydrogen-bond donors (Lipinski definition) is 1. The average molecular weight is 285 g/mol. The van der Waals surface area contributed by atoms with E-state index in [0.29, 0.717) is 19.1 Å². The van der Waals surface area contributed by atoms with Crippen molar-refractivity contribution in [3.05, 3.63) is 0 Å². The summed E-state index contributed by atoms with van der Waals surface area (Å²) in [5.74, 6) is 0.225. The normalized spacial score (nSPS) is 26.4. The molecule has 1 rings (SSSR count). The van der Waals surface area contributed by atoms with Gasteiger partial charge in [0.05, 0.1) is 12.7 Å². The van der Waals surface area contributed by atoms with Crippen LogP contribution < -0.4 is 5.32 Å². The molecule has 0 aromatic carbocycles. The molecule has 0 aromatic rings. The van der Waals surface area contributed by atoms with Gasteiger partial charge in [-0.05, 0) is 59.8 Å². The Morgan fingerprint density at radius 1 is 1.35 bits per heavy atom. The SMILES string of the molecule is CCOC(=O)C1(NC(C)C)CCCC1CCOC(C)C. The maximum absolute atomic E-state index is 12.5. The molecule has 0 bridgehead atoms. The predicted molar refractivity (Wildman–Crippen MR) is 80.7 cm³/mol. The van der Waals surface area contributed by atoms with Gasteiger partial charge in [-0.1, -0.05) is 6.42 Å². The maximum Gasteiger partial charge on any atom is 0.326 e. The monoisotopic (exact) mass is 285 g/mol. The van der Waals surface area contributed by atoms with Crippen LogP contribution in [-0.2, 0) is 14.3 Å². The molecule has 1 fully saturated rings. The highest BCUT2D eigenvalue weighted by molar-refractivity contribution is 5.82. The first-order valence-electron chi connectivity index (χ1n) is 7.99. The molecular formula is C16H31NO3. The van der Waals surface area contributed by atoms with Gasteiger partial charge in [0.1, 0.15) is 5.54 Å². The number of hydrogen-bond acceptors (Lipinski definition) is 4. The minimum atomic E-state index is -0.509. The lowest BCUT2D eigenvalue weighted by Gasteiger charge is -2.36. The molecular weight excluding hydrogens is 254 g/mol. The zero-order valence-electron chi connectivity index (χ0n) is 13.7. The Morgan fingerprint density at radius 3 is 2.60 bits per heavy atom. The molecule has 0 aromatic heterocycles. The molecule has 0 radical (unpaired) electrons. The van der Waals surface area contributed by atoms with Crippen molar-refractivity contribution in [2.24, 2.45) is 5.92 Å². The molecule has 1 aliphatic rings. The van der Waals surface area contributed by atoms with Gasteiger partial charge in [-0.2, -0.15) is 0 Å². The number of carbonyl (C=O) groups excluding carboxylic acids is 1. The molecule has 2 atom stereocenters. The molecule has 2 unspecified atom stereocenters. The van der Waals surface area contributed by atoms with Gasteiger partial charge in [0.2, 0.25) is 0 Å². The fourth-order valence-electron chi connectivity index (χ4n) is 3.21. The Hall–Kier alpha value is -0.610. The molecule has 118 valence electrons. The molecule has 0 spiro atoms. The van der Waals surface area contributed by atoms with Crippen molar-refractivity contribution < 1.29 is 14.3 Å². The molecule has 1 saturated carbocycles. The van der Waals surface area contributed by atoms with Crippen molar-refractivity contribution in [1.29, 1.82) is 0 Å². The van der Waals surface area contributed by atoms with E-state index in [0.717, 1.165) is 25.7 Å². The van der Waals surface area contributed by atoms with Crippen molar-refractivity contribution >= 4 is 5.97 Å². The summed E-state index contributed by atoms with van der Waals surface area (Å²) in [6.45, 7) is 11.3. The third kappa shape index (κ3) is 4.45. The molecule has 0 saturated heterocycles. The number of esters is 1. The van der Waals surface area contributed by atoms with E-state index < -0.39 is 5.54 Å². The summed E-state index contributed by atoms with van der Waals surface area (Å²) in [7, 11) is 0. The predicted octanol–water partition coefficient (Wildman–Crippen LogP) is 2.90. The Balaban J connectivity index is 2.75. The zero-order chi connectivity index (χ0) is 15.2. The van der Waals surface area contributed by atoms with E-state index in [1.165, 1.54) is 0 Å². The summed E-state index contributed by atoms with van der Waals surface area (Å²) in [4.78, 5) is 12.5. The molecule has 20 heavy (non-hydrogen) atoms. The first-order valence-corrected chi connectivity index (χ1v) is 7.99. The highest BCUT2D eigenvalue weighted by Gasteiger charge is 2.49. The Bertz CT molecular complexity index is 304. The average Bonchev–Trinajstić information content (AvgIpc) is 2.72. The van der Waals surface area contributed by atoms with Gasteiger partial charge in [-0.3, -0.25) is 10.1 Å². The van der Waals surface area contributed by atoms with E-state index >= 15 is 0 Å². The second-order valence-corrected chi connectivity index (χ2v) is 6.29. The number of ether oxygens (including phenoxy) is 2. The van der Waals surface area contributed by atoms with Crippen molar-refractivity contribution in [3.8, 4) is 0 Å². The zero-order valence-corrected chi connectivity index (χ0v) is 13.7. The van der Waals surface area contributed by atoms with Gasteiger partial charge in [0, 0.05) is 12.6 Å². The first kappa shape index (κ1) is 17.4. The van der Waals surface area contributed by atoms with Crippen LogP contribution in [0.3, 0.4) is 0 Å². The van der Waals surface area contributed by atoms with Crippen LogP contribution in [0, 0.1) is 5.92 Å². The van der Waals surface area contributed by atoms with Crippen LogP contribution in [0.25, 0.3) is 0 Å². The third-order valence-corrected chi connectivity index (χ3v) is 3.92. The molecule has 1 aliphatic carbocycles. The number of carbonyl (C=O) groups is 1. The fraction of sp³-hybridized carbons (Fsp3) is 0.938. The van der Waals surface area contributed by atoms with E-state index in [1.807, 2.05) is 20.8 Å². The number of rotatable bonds is 8. The van der Waals surface area contributed by atoms with E-state index in [4.69, 9.17) is 9.47 Å². The van der Waals surface area contributed by atoms with E-state index in [-0.39, 0.29) is 18.1 Å². The summed E-state index contributed by atoms with van der Waals surface area (Å²) in [5, 5.41) is 3.50. The van der Waals surface area contributed by atoms with Gasteiger partial charge in [0.15, 0.2) is 0 Å². The lowest BCUT2D eigenvalue weighted by Crippen LogP contribution is -2.58. The quantitative estimate of drug-likeness (QED) is 0.697. The third-order valence-electron chi connectivity index (χ3n) is 3.92. The van der Waals surface area contributed by atoms with Gasteiger partial charge in [0.25, 0.3) is 0 Å². The van der Waals surface area contributed by atoms with Gasteiger partial charge >= 0.3 is 5.97 Å². The number of nitrogens with one attached hydrogen (secondary N) is 1. The van der Waals surface area contributed by atoms with E-state index in [9.17, 15) is 4.79 Å². The van der Waals surface area contributed by atoms with E-state index in [1.54, 1.807) is 0 Å². The minimum Gasteiger partial charge on any atom is -0.465 e. The Morgan fingerprint density at radius 2 is 2.05 bits per heavy atom. The summed E-state index contributed by atoms with van der Waals surface area (Å²) in [5.41, 5.74) is -0.509. The van der Waals surface area contributed by atoms with Crippen LogP contribution in [0.4, 0.5) is 0 Å².